The topological polar surface area (TPSA) is 72.1 Å². The van der Waals surface area contributed by atoms with Gasteiger partial charge in [0.1, 0.15) is 0 Å². The zero-order valence-electron chi connectivity index (χ0n) is 7.46. The Labute approximate surface area is 74.7 Å². The number of nitrogens with zero attached hydrogens (tertiary/aromatic N) is 1. The molecule has 0 aliphatic rings. The summed E-state index contributed by atoms with van der Waals surface area (Å²) in [6.45, 7) is 3.60. The molecule has 1 N–H and O–H groups in total. The number of aromatic nitrogens is 2. The first-order valence-corrected chi connectivity index (χ1v) is 3.88. The summed E-state index contributed by atoms with van der Waals surface area (Å²) in [6, 6.07) is 1.40. The molecule has 0 saturated heterocycles. The SMILES string of the molecule is CCOC(=O)c1cc(C)c(=O)[nH]n1. The van der Waals surface area contributed by atoms with Gasteiger partial charge >= 0.3 is 5.97 Å². The molecule has 0 saturated carbocycles. The predicted molar refractivity (Wildman–Crippen MR) is 45.6 cm³/mol. The lowest BCUT2D eigenvalue weighted by atomic mass is 10.3. The summed E-state index contributed by atoms with van der Waals surface area (Å²) in [4.78, 5) is 22.0. The van der Waals surface area contributed by atoms with E-state index in [0.29, 0.717) is 12.2 Å². The Bertz CT molecular complexity index is 370. The van der Waals surface area contributed by atoms with Gasteiger partial charge in [0.25, 0.3) is 5.56 Å². The third kappa shape index (κ3) is 2.14. The molecule has 1 aromatic rings. The van der Waals surface area contributed by atoms with Crippen molar-refractivity contribution in [1.82, 2.24) is 10.2 Å². The van der Waals surface area contributed by atoms with Gasteiger partial charge in [-0.25, -0.2) is 9.89 Å². The summed E-state index contributed by atoms with van der Waals surface area (Å²) in [7, 11) is 0. The van der Waals surface area contributed by atoms with Gasteiger partial charge in [0, 0.05) is 5.56 Å². The minimum atomic E-state index is -0.526. The Balaban J connectivity index is 2.97. The van der Waals surface area contributed by atoms with Crippen LogP contribution in [0, 0.1) is 6.92 Å². The van der Waals surface area contributed by atoms with Crippen LogP contribution in [-0.2, 0) is 4.74 Å². The van der Waals surface area contributed by atoms with Crippen molar-refractivity contribution in [2.24, 2.45) is 0 Å². The van der Waals surface area contributed by atoms with Gasteiger partial charge in [0.05, 0.1) is 6.61 Å². The number of rotatable bonds is 2. The summed E-state index contributed by atoms with van der Waals surface area (Å²) in [5.41, 5.74) is 0.269. The van der Waals surface area contributed by atoms with E-state index in [-0.39, 0.29) is 11.3 Å². The number of carbonyl (C=O) groups is 1. The molecule has 0 aliphatic carbocycles. The fraction of sp³-hybridized carbons (Fsp3) is 0.375. The predicted octanol–water partition coefficient (Wildman–Crippen LogP) is 0.255. The number of aromatic amines is 1. The Morgan fingerprint density at radius 3 is 2.92 bits per heavy atom. The lowest BCUT2D eigenvalue weighted by Gasteiger charge is -1.99. The Hall–Kier alpha value is -1.65. The van der Waals surface area contributed by atoms with Gasteiger partial charge in [0.15, 0.2) is 5.69 Å². The Morgan fingerprint density at radius 1 is 1.69 bits per heavy atom. The zero-order valence-corrected chi connectivity index (χ0v) is 7.46. The fourth-order valence-electron chi connectivity index (χ4n) is 0.812. The van der Waals surface area contributed by atoms with Crippen LogP contribution in [0.3, 0.4) is 0 Å². The number of aryl methyl sites for hydroxylation is 1. The maximum absolute atomic E-state index is 11.1. The standard InChI is InChI=1S/C8H10N2O3/c1-3-13-8(12)6-4-5(2)7(11)10-9-6/h4H,3H2,1-2H3,(H,10,11). The highest BCUT2D eigenvalue weighted by Gasteiger charge is 2.08. The lowest BCUT2D eigenvalue weighted by molar-refractivity contribution is 0.0518. The first-order chi connectivity index (χ1) is 6.15. The number of hydrogen-bond donors (Lipinski definition) is 1. The molecule has 0 amide bonds. The second-order valence-corrected chi connectivity index (χ2v) is 2.49. The van der Waals surface area contributed by atoms with Gasteiger partial charge < -0.3 is 4.74 Å². The molecule has 0 radical (unpaired) electrons. The average Bonchev–Trinajstić information content (AvgIpc) is 2.10. The van der Waals surface area contributed by atoms with Crippen LogP contribution in [0.25, 0.3) is 0 Å². The van der Waals surface area contributed by atoms with Crippen LogP contribution in [0.2, 0.25) is 0 Å². The third-order valence-electron chi connectivity index (χ3n) is 1.47. The highest BCUT2D eigenvalue weighted by Crippen LogP contribution is 1.96. The van der Waals surface area contributed by atoms with E-state index >= 15 is 0 Å². The highest BCUT2D eigenvalue weighted by atomic mass is 16.5. The molecule has 1 rings (SSSR count). The fourth-order valence-corrected chi connectivity index (χ4v) is 0.812. The summed E-state index contributed by atoms with van der Waals surface area (Å²) in [5, 5.41) is 5.75. The minimum absolute atomic E-state index is 0.124. The first-order valence-electron chi connectivity index (χ1n) is 3.88. The van der Waals surface area contributed by atoms with Crippen LogP contribution in [0.5, 0.6) is 0 Å². The van der Waals surface area contributed by atoms with Crippen LogP contribution in [0.4, 0.5) is 0 Å². The second kappa shape index (κ2) is 3.84. The molecule has 0 bridgehead atoms. The summed E-state index contributed by atoms with van der Waals surface area (Å²) < 4.78 is 4.70. The molecule has 0 spiro atoms. The molecule has 5 heteroatoms. The van der Waals surface area contributed by atoms with E-state index < -0.39 is 5.97 Å². The smallest absolute Gasteiger partial charge is 0.358 e. The van der Waals surface area contributed by atoms with Crippen molar-refractivity contribution in [3.63, 3.8) is 0 Å². The summed E-state index contributed by atoms with van der Waals surface area (Å²) >= 11 is 0. The third-order valence-corrected chi connectivity index (χ3v) is 1.47. The summed E-state index contributed by atoms with van der Waals surface area (Å²) in [5.74, 6) is -0.526. The van der Waals surface area contributed by atoms with Crippen molar-refractivity contribution in [3.8, 4) is 0 Å². The van der Waals surface area contributed by atoms with Gasteiger partial charge in [-0.1, -0.05) is 0 Å². The average molecular weight is 182 g/mol. The molecule has 1 aromatic heterocycles. The number of carbonyl (C=O) groups excluding carboxylic acids is 1. The molecule has 70 valence electrons. The minimum Gasteiger partial charge on any atom is -0.461 e. The second-order valence-electron chi connectivity index (χ2n) is 2.49. The highest BCUT2D eigenvalue weighted by molar-refractivity contribution is 5.87. The molecular formula is C8H10N2O3. The van der Waals surface area contributed by atoms with Crippen LogP contribution in [-0.4, -0.2) is 22.8 Å². The number of H-pyrrole nitrogens is 1. The van der Waals surface area contributed by atoms with Crippen molar-refractivity contribution in [2.45, 2.75) is 13.8 Å². The van der Waals surface area contributed by atoms with Crippen molar-refractivity contribution in [1.29, 1.82) is 0 Å². The van der Waals surface area contributed by atoms with Gasteiger partial charge in [-0.15, -0.1) is 0 Å². The number of esters is 1. The van der Waals surface area contributed by atoms with E-state index in [1.54, 1.807) is 13.8 Å². The molecule has 0 atom stereocenters. The van der Waals surface area contributed by atoms with Crippen LogP contribution >= 0.6 is 0 Å². The van der Waals surface area contributed by atoms with Crippen molar-refractivity contribution in [2.75, 3.05) is 6.61 Å². The van der Waals surface area contributed by atoms with Crippen molar-refractivity contribution in [3.05, 3.63) is 27.7 Å². The van der Waals surface area contributed by atoms with E-state index in [4.69, 9.17) is 4.74 Å². The molecule has 13 heavy (non-hydrogen) atoms. The van der Waals surface area contributed by atoms with Crippen molar-refractivity contribution >= 4 is 5.97 Å². The quantitative estimate of drug-likeness (QED) is 0.665. The van der Waals surface area contributed by atoms with Gasteiger partial charge in [-0.05, 0) is 19.9 Å². The summed E-state index contributed by atoms with van der Waals surface area (Å²) in [6.07, 6.45) is 0. The van der Waals surface area contributed by atoms with E-state index in [2.05, 4.69) is 10.2 Å². The van der Waals surface area contributed by atoms with Gasteiger partial charge in [-0.2, -0.15) is 5.10 Å². The molecule has 0 aliphatic heterocycles. The van der Waals surface area contributed by atoms with E-state index in [1.807, 2.05) is 0 Å². The molecule has 0 unspecified atom stereocenters. The Morgan fingerprint density at radius 2 is 2.38 bits per heavy atom. The zero-order chi connectivity index (χ0) is 9.84. The van der Waals surface area contributed by atoms with Gasteiger partial charge in [-0.3, -0.25) is 4.79 Å². The number of nitrogens with one attached hydrogen (secondary N) is 1. The maximum Gasteiger partial charge on any atom is 0.358 e. The molecule has 0 aromatic carbocycles. The largest absolute Gasteiger partial charge is 0.461 e. The number of hydrogen-bond acceptors (Lipinski definition) is 4. The molecular weight excluding hydrogens is 172 g/mol. The monoisotopic (exact) mass is 182 g/mol. The van der Waals surface area contributed by atoms with Gasteiger partial charge in [0.2, 0.25) is 0 Å². The van der Waals surface area contributed by atoms with Crippen LogP contribution in [0.15, 0.2) is 10.9 Å². The number of ether oxygens (including phenoxy) is 1. The Kier molecular flexibility index (Phi) is 2.79. The van der Waals surface area contributed by atoms with Crippen LogP contribution < -0.4 is 5.56 Å². The normalized spacial score (nSPS) is 9.69. The van der Waals surface area contributed by atoms with E-state index in [0.717, 1.165) is 0 Å². The lowest BCUT2D eigenvalue weighted by Crippen LogP contribution is -2.16. The van der Waals surface area contributed by atoms with E-state index in [1.165, 1.54) is 6.07 Å². The van der Waals surface area contributed by atoms with E-state index in [9.17, 15) is 9.59 Å². The van der Waals surface area contributed by atoms with Crippen molar-refractivity contribution < 1.29 is 9.53 Å². The molecule has 5 nitrogen and oxygen atoms in total. The maximum atomic E-state index is 11.1. The first kappa shape index (κ1) is 9.44. The molecule has 0 fully saturated rings. The van der Waals surface area contributed by atoms with Crippen LogP contribution in [0.1, 0.15) is 23.0 Å². The molecule has 1 heterocycles.